The molecule has 1 N–H and O–H groups in total. The predicted molar refractivity (Wildman–Crippen MR) is 83.5 cm³/mol. The molecule has 0 aliphatic carbocycles. The van der Waals surface area contributed by atoms with Crippen LogP contribution in [0.1, 0.15) is 39.2 Å². The molecule has 1 aromatic rings. The highest BCUT2D eigenvalue weighted by molar-refractivity contribution is 5.85. The molecule has 0 spiro atoms. The maximum Gasteiger partial charge on any atom is 0.119 e. The van der Waals surface area contributed by atoms with Gasteiger partial charge >= 0.3 is 0 Å². The van der Waals surface area contributed by atoms with Crippen molar-refractivity contribution in [2.24, 2.45) is 5.92 Å². The van der Waals surface area contributed by atoms with E-state index in [1.807, 2.05) is 0 Å². The van der Waals surface area contributed by atoms with Crippen LogP contribution in [0.3, 0.4) is 0 Å². The van der Waals surface area contributed by atoms with Crippen LogP contribution in [0.15, 0.2) is 24.3 Å². The number of hydrogen-bond acceptors (Lipinski definition) is 2. The molecular formula is C16H26ClNO. The maximum atomic E-state index is 5.85. The molecule has 1 aromatic carbocycles. The fraction of sp³-hybridized carbons (Fsp3) is 0.625. The van der Waals surface area contributed by atoms with E-state index in [9.17, 15) is 0 Å². The minimum atomic E-state index is 0. The molecule has 1 atom stereocenters. The van der Waals surface area contributed by atoms with Gasteiger partial charge in [0.25, 0.3) is 0 Å². The monoisotopic (exact) mass is 283 g/mol. The van der Waals surface area contributed by atoms with E-state index >= 15 is 0 Å². The molecule has 0 bridgehead atoms. The largest absolute Gasteiger partial charge is 0.493 e. The van der Waals surface area contributed by atoms with Gasteiger partial charge in [-0.1, -0.05) is 32.9 Å². The highest BCUT2D eigenvalue weighted by Crippen LogP contribution is 2.28. The van der Waals surface area contributed by atoms with Gasteiger partial charge in [0, 0.05) is 12.5 Å². The lowest BCUT2D eigenvalue weighted by Crippen LogP contribution is -2.16. The average molecular weight is 284 g/mol. The highest BCUT2D eigenvalue weighted by atomic mass is 35.5. The summed E-state index contributed by atoms with van der Waals surface area (Å²) >= 11 is 0. The molecule has 1 fully saturated rings. The van der Waals surface area contributed by atoms with E-state index in [1.54, 1.807) is 0 Å². The van der Waals surface area contributed by atoms with E-state index in [0.717, 1.165) is 31.9 Å². The summed E-state index contributed by atoms with van der Waals surface area (Å²) in [5.41, 5.74) is 1.65. The van der Waals surface area contributed by atoms with Crippen molar-refractivity contribution in [3.8, 4) is 5.75 Å². The van der Waals surface area contributed by atoms with Gasteiger partial charge in [0.1, 0.15) is 5.75 Å². The number of hydrogen-bond donors (Lipinski definition) is 1. The molecule has 2 nitrogen and oxygen atoms in total. The lowest BCUT2D eigenvalue weighted by atomic mass is 9.82. The van der Waals surface area contributed by atoms with Crippen LogP contribution in [-0.4, -0.2) is 19.7 Å². The van der Waals surface area contributed by atoms with Crippen molar-refractivity contribution in [2.45, 2.75) is 39.0 Å². The van der Waals surface area contributed by atoms with Gasteiger partial charge in [-0.25, -0.2) is 0 Å². The van der Waals surface area contributed by atoms with Gasteiger partial charge in [-0.2, -0.15) is 0 Å². The zero-order valence-electron chi connectivity index (χ0n) is 12.2. The van der Waals surface area contributed by atoms with E-state index in [1.165, 1.54) is 12.0 Å². The smallest absolute Gasteiger partial charge is 0.119 e. The molecule has 0 aromatic heterocycles. The fourth-order valence-corrected chi connectivity index (χ4v) is 2.28. The number of rotatable bonds is 5. The lowest BCUT2D eigenvalue weighted by molar-refractivity contribution is 0.260. The first-order valence-electron chi connectivity index (χ1n) is 7.06. The third kappa shape index (κ3) is 4.39. The summed E-state index contributed by atoms with van der Waals surface area (Å²) in [6, 6.07) is 8.61. The highest BCUT2D eigenvalue weighted by Gasteiger charge is 2.18. The van der Waals surface area contributed by atoms with E-state index < -0.39 is 0 Å². The second-order valence-corrected chi connectivity index (χ2v) is 5.93. The molecule has 1 unspecified atom stereocenters. The molecular weight excluding hydrogens is 258 g/mol. The minimum absolute atomic E-state index is 0. The number of halogens is 1. The molecule has 0 saturated carbocycles. The Labute approximate surface area is 123 Å². The first-order chi connectivity index (χ1) is 8.62. The summed E-state index contributed by atoms with van der Waals surface area (Å²) in [6.07, 6.45) is 2.39. The third-order valence-corrected chi connectivity index (χ3v) is 4.17. The summed E-state index contributed by atoms with van der Waals surface area (Å²) in [5.74, 6) is 1.68. The van der Waals surface area contributed by atoms with E-state index in [0.29, 0.717) is 5.92 Å². The second-order valence-electron chi connectivity index (χ2n) is 5.93. The summed E-state index contributed by atoms with van der Waals surface area (Å²) in [5, 5.41) is 3.37. The average Bonchev–Trinajstić information content (AvgIpc) is 2.90. The van der Waals surface area contributed by atoms with Crippen molar-refractivity contribution in [3.63, 3.8) is 0 Å². The first kappa shape index (κ1) is 16.3. The maximum absolute atomic E-state index is 5.85. The van der Waals surface area contributed by atoms with E-state index in [4.69, 9.17) is 4.74 Å². The van der Waals surface area contributed by atoms with E-state index in [-0.39, 0.29) is 17.8 Å². The predicted octanol–water partition coefficient (Wildman–Crippen LogP) is 3.78. The topological polar surface area (TPSA) is 21.3 Å². The van der Waals surface area contributed by atoms with Crippen molar-refractivity contribution in [2.75, 3.05) is 19.7 Å². The summed E-state index contributed by atoms with van der Waals surface area (Å²) in [7, 11) is 0. The van der Waals surface area contributed by atoms with Crippen LogP contribution in [0.2, 0.25) is 0 Å². The van der Waals surface area contributed by atoms with E-state index in [2.05, 4.69) is 50.4 Å². The van der Waals surface area contributed by atoms with Crippen LogP contribution in [0, 0.1) is 5.92 Å². The van der Waals surface area contributed by atoms with Crippen molar-refractivity contribution in [3.05, 3.63) is 29.8 Å². The third-order valence-electron chi connectivity index (χ3n) is 4.17. The molecule has 1 aliphatic rings. The molecule has 0 amide bonds. The van der Waals surface area contributed by atoms with Gasteiger partial charge in [-0.05, 0) is 42.5 Å². The normalized spacial score (nSPS) is 19.0. The first-order valence-corrected chi connectivity index (χ1v) is 7.06. The number of benzene rings is 1. The lowest BCUT2D eigenvalue weighted by Gasteiger charge is -2.23. The van der Waals surface area contributed by atoms with Gasteiger partial charge < -0.3 is 10.1 Å². The van der Waals surface area contributed by atoms with Gasteiger partial charge in [0.15, 0.2) is 0 Å². The van der Waals surface area contributed by atoms with Crippen molar-refractivity contribution < 1.29 is 4.74 Å². The molecule has 1 saturated heterocycles. The Morgan fingerprint density at radius 3 is 2.47 bits per heavy atom. The summed E-state index contributed by atoms with van der Waals surface area (Å²) in [4.78, 5) is 0. The van der Waals surface area contributed by atoms with Crippen molar-refractivity contribution in [1.82, 2.24) is 5.32 Å². The van der Waals surface area contributed by atoms with Crippen LogP contribution in [0.4, 0.5) is 0 Å². The number of nitrogens with one attached hydrogen (secondary N) is 1. The SMILES string of the molecule is CCC(C)(C)c1ccc(OCC2CCNC2)cc1.Cl. The fourth-order valence-electron chi connectivity index (χ4n) is 2.28. The minimum Gasteiger partial charge on any atom is -0.493 e. The Morgan fingerprint density at radius 1 is 1.26 bits per heavy atom. The molecule has 1 heterocycles. The molecule has 1 aliphatic heterocycles. The van der Waals surface area contributed by atoms with Crippen LogP contribution in [-0.2, 0) is 5.41 Å². The molecule has 3 heteroatoms. The Balaban J connectivity index is 0.00000180. The second kappa shape index (κ2) is 7.16. The Hall–Kier alpha value is -0.730. The zero-order chi connectivity index (χ0) is 13.0. The molecule has 108 valence electrons. The van der Waals surface area contributed by atoms with Crippen LogP contribution >= 0.6 is 12.4 Å². The van der Waals surface area contributed by atoms with Crippen molar-refractivity contribution >= 4 is 12.4 Å². The van der Waals surface area contributed by atoms with Crippen LogP contribution < -0.4 is 10.1 Å². The van der Waals surface area contributed by atoms with Gasteiger partial charge in [-0.15, -0.1) is 12.4 Å². The Kier molecular flexibility index (Phi) is 6.15. The van der Waals surface area contributed by atoms with Gasteiger partial charge in [0.05, 0.1) is 6.61 Å². The number of ether oxygens (including phenoxy) is 1. The van der Waals surface area contributed by atoms with Crippen LogP contribution in [0.25, 0.3) is 0 Å². The Bertz CT molecular complexity index is 369. The quantitative estimate of drug-likeness (QED) is 0.888. The zero-order valence-corrected chi connectivity index (χ0v) is 13.1. The Morgan fingerprint density at radius 2 is 1.95 bits per heavy atom. The van der Waals surface area contributed by atoms with Gasteiger partial charge in [0.2, 0.25) is 0 Å². The van der Waals surface area contributed by atoms with Crippen LogP contribution in [0.5, 0.6) is 5.75 Å². The molecule has 0 radical (unpaired) electrons. The standard InChI is InChI=1S/C16H25NO.ClH/c1-4-16(2,3)14-5-7-15(8-6-14)18-12-13-9-10-17-11-13;/h5-8,13,17H,4,9-12H2,1-3H3;1H. The summed E-state index contributed by atoms with van der Waals surface area (Å²) < 4.78 is 5.85. The molecule has 19 heavy (non-hydrogen) atoms. The van der Waals surface area contributed by atoms with Crippen molar-refractivity contribution in [1.29, 1.82) is 0 Å². The summed E-state index contributed by atoms with van der Waals surface area (Å²) in [6.45, 7) is 9.87. The van der Waals surface area contributed by atoms with Gasteiger partial charge in [-0.3, -0.25) is 0 Å². The molecule has 2 rings (SSSR count).